The van der Waals surface area contributed by atoms with Gasteiger partial charge in [0, 0.05) is 50.3 Å². The minimum Gasteiger partial charge on any atom is -0.495 e. The first-order chi connectivity index (χ1) is 16.6. The number of carbonyl (C=O) groups is 1. The molecular weight excluding hydrogens is 428 g/mol. The van der Waals surface area contributed by atoms with Gasteiger partial charge < -0.3 is 24.8 Å². The number of benzene rings is 2. The molecule has 0 spiro atoms. The van der Waals surface area contributed by atoms with E-state index in [0.29, 0.717) is 30.9 Å². The number of likely N-dealkylation sites (N-methyl/N-ethyl adjacent to an activating group) is 1. The minimum atomic E-state index is -0.147. The molecule has 3 aromatic rings. The van der Waals surface area contributed by atoms with Gasteiger partial charge in [-0.05, 0) is 19.2 Å². The molecule has 0 unspecified atom stereocenters. The van der Waals surface area contributed by atoms with E-state index < -0.39 is 0 Å². The summed E-state index contributed by atoms with van der Waals surface area (Å²) >= 11 is 0. The molecule has 0 radical (unpaired) electrons. The fraction of sp³-hybridized carbons (Fsp3) is 0.346. The summed E-state index contributed by atoms with van der Waals surface area (Å²) in [7, 11) is 3.75. The van der Waals surface area contributed by atoms with Gasteiger partial charge in [0.2, 0.25) is 0 Å². The molecule has 2 aliphatic heterocycles. The van der Waals surface area contributed by atoms with Gasteiger partial charge in [0.1, 0.15) is 11.6 Å². The number of fused-ring (bicyclic) bond motifs is 1. The van der Waals surface area contributed by atoms with Crippen LogP contribution in [0.2, 0.25) is 0 Å². The van der Waals surface area contributed by atoms with Crippen molar-refractivity contribution in [3.8, 4) is 17.1 Å². The standard InChI is InChI=1S/C26H30N6O2/c1-30-14-16-31(17-15-30)25-20-18-32(26(33)28-22-10-6-7-11-23(22)34-2)13-12-21(20)27-24(29-25)19-8-4-3-5-9-19/h3-11H,12-18H2,1-2H3,(H,28,33). The van der Waals surface area contributed by atoms with Gasteiger partial charge in [-0.25, -0.2) is 14.8 Å². The maximum absolute atomic E-state index is 13.2. The van der Waals surface area contributed by atoms with Crippen molar-refractivity contribution in [2.24, 2.45) is 0 Å². The Morgan fingerprint density at radius 2 is 1.68 bits per heavy atom. The number of methoxy groups -OCH3 is 1. The van der Waals surface area contributed by atoms with Crippen LogP contribution in [0.15, 0.2) is 54.6 Å². The van der Waals surface area contributed by atoms with Crippen molar-refractivity contribution >= 4 is 17.5 Å². The van der Waals surface area contributed by atoms with Crippen molar-refractivity contribution in [1.82, 2.24) is 19.8 Å². The van der Waals surface area contributed by atoms with Gasteiger partial charge in [0.25, 0.3) is 0 Å². The Bertz CT molecular complexity index is 1160. The van der Waals surface area contributed by atoms with E-state index in [2.05, 4.69) is 22.2 Å². The number of ether oxygens (including phenoxy) is 1. The smallest absolute Gasteiger partial charge is 0.322 e. The molecule has 2 amide bonds. The van der Waals surface area contributed by atoms with Crippen LogP contribution < -0.4 is 15.0 Å². The van der Waals surface area contributed by atoms with Gasteiger partial charge in [-0.1, -0.05) is 42.5 Å². The van der Waals surface area contributed by atoms with Crippen LogP contribution in [0.5, 0.6) is 5.75 Å². The molecule has 0 atom stereocenters. The summed E-state index contributed by atoms with van der Waals surface area (Å²) in [6.07, 6.45) is 0.692. The molecule has 0 aliphatic carbocycles. The van der Waals surface area contributed by atoms with Crippen molar-refractivity contribution in [2.75, 3.05) is 57.1 Å². The average molecular weight is 459 g/mol. The Morgan fingerprint density at radius 1 is 0.941 bits per heavy atom. The summed E-state index contributed by atoms with van der Waals surface area (Å²) in [5.41, 5.74) is 3.75. The summed E-state index contributed by atoms with van der Waals surface area (Å²) < 4.78 is 5.39. The highest BCUT2D eigenvalue weighted by molar-refractivity contribution is 5.91. The van der Waals surface area contributed by atoms with Gasteiger partial charge in [-0.2, -0.15) is 0 Å². The number of hydrogen-bond donors (Lipinski definition) is 1. The lowest BCUT2D eigenvalue weighted by molar-refractivity contribution is 0.205. The first-order valence-electron chi connectivity index (χ1n) is 11.7. The number of para-hydroxylation sites is 2. The number of hydrogen-bond acceptors (Lipinski definition) is 6. The summed E-state index contributed by atoms with van der Waals surface area (Å²) in [5.74, 6) is 2.34. The maximum atomic E-state index is 13.2. The molecule has 0 saturated carbocycles. The van der Waals surface area contributed by atoms with Gasteiger partial charge in [0.05, 0.1) is 25.0 Å². The summed E-state index contributed by atoms with van der Waals surface area (Å²) in [4.78, 5) is 29.6. The van der Waals surface area contributed by atoms with Crippen molar-refractivity contribution in [2.45, 2.75) is 13.0 Å². The number of carbonyl (C=O) groups excluding carboxylic acids is 1. The second-order valence-electron chi connectivity index (χ2n) is 8.75. The van der Waals surface area contributed by atoms with E-state index in [1.807, 2.05) is 59.5 Å². The van der Waals surface area contributed by atoms with E-state index in [1.165, 1.54) is 0 Å². The fourth-order valence-electron chi connectivity index (χ4n) is 4.51. The molecule has 1 saturated heterocycles. The van der Waals surface area contributed by atoms with Crippen LogP contribution in [0.3, 0.4) is 0 Å². The Hall–Kier alpha value is -3.65. The lowest BCUT2D eigenvalue weighted by Gasteiger charge is -2.37. The van der Waals surface area contributed by atoms with E-state index in [4.69, 9.17) is 14.7 Å². The Kier molecular flexibility index (Phi) is 6.31. The Labute approximate surface area is 200 Å². The Morgan fingerprint density at radius 3 is 2.44 bits per heavy atom. The number of nitrogens with zero attached hydrogens (tertiary/aromatic N) is 5. The van der Waals surface area contributed by atoms with Crippen molar-refractivity contribution in [1.29, 1.82) is 0 Å². The molecule has 3 heterocycles. The predicted octanol–water partition coefficient (Wildman–Crippen LogP) is 3.49. The third kappa shape index (κ3) is 4.54. The van der Waals surface area contributed by atoms with E-state index in [-0.39, 0.29) is 6.03 Å². The minimum absolute atomic E-state index is 0.147. The largest absolute Gasteiger partial charge is 0.495 e. The number of urea groups is 1. The third-order valence-electron chi connectivity index (χ3n) is 6.51. The van der Waals surface area contributed by atoms with E-state index in [0.717, 1.165) is 54.6 Å². The molecular formula is C26H30N6O2. The highest BCUT2D eigenvalue weighted by atomic mass is 16.5. The van der Waals surface area contributed by atoms with Crippen molar-refractivity contribution < 1.29 is 9.53 Å². The van der Waals surface area contributed by atoms with Gasteiger partial charge in [-0.3, -0.25) is 0 Å². The monoisotopic (exact) mass is 458 g/mol. The number of amides is 2. The molecule has 0 bridgehead atoms. The van der Waals surface area contributed by atoms with Crippen LogP contribution >= 0.6 is 0 Å². The maximum Gasteiger partial charge on any atom is 0.322 e. The zero-order valence-corrected chi connectivity index (χ0v) is 19.7. The van der Waals surface area contributed by atoms with Crippen LogP contribution in [0.4, 0.5) is 16.3 Å². The highest BCUT2D eigenvalue weighted by Crippen LogP contribution is 2.31. The zero-order chi connectivity index (χ0) is 23.5. The van der Waals surface area contributed by atoms with Gasteiger partial charge in [0.15, 0.2) is 5.82 Å². The topological polar surface area (TPSA) is 73.8 Å². The number of nitrogens with one attached hydrogen (secondary N) is 1. The lowest BCUT2D eigenvalue weighted by atomic mass is 10.0. The molecule has 5 rings (SSSR count). The number of anilines is 2. The van der Waals surface area contributed by atoms with Crippen LogP contribution in [-0.4, -0.2) is 72.7 Å². The normalized spacial score (nSPS) is 16.2. The summed E-state index contributed by atoms with van der Waals surface area (Å²) in [6.45, 7) is 4.85. The Balaban J connectivity index is 1.45. The predicted molar refractivity (Wildman–Crippen MR) is 133 cm³/mol. The van der Waals surface area contributed by atoms with Crippen LogP contribution in [0, 0.1) is 0 Å². The zero-order valence-electron chi connectivity index (χ0n) is 19.7. The molecule has 34 heavy (non-hydrogen) atoms. The van der Waals surface area contributed by atoms with Crippen molar-refractivity contribution in [3.63, 3.8) is 0 Å². The molecule has 1 N–H and O–H groups in total. The van der Waals surface area contributed by atoms with Crippen LogP contribution in [0.1, 0.15) is 11.3 Å². The lowest BCUT2D eigenvalue weighted by Crippen LogP contribution is -2.46. The molecule has 176 valence electrons. The fourth-order valence-corrected chi connectivity index (χ4v) is 4.51. The van der Waals surface area contributed by atoms with Crippen LogP contribution in [0.25, 0.3) is 11.4 Å². The van der Waals surface area contributed by atoms with E-state index in [9.17, 15) is 4.79 Å². The number of piperazine rings is 1. The SMILES string of the molecule is COc1ccccc1NC(=O)N1CCc2nc(-c3ccccc3)nc(N3CCN(C)CC3)c2C1. The second-order valence-corrected chi connectivity index (χ2v) is 8.75. The first-order valence-corrected chi connectivity index (χ1v) is 11.7. The second kappa shape index (κ2) is 9.69. The molecule has 8 nitrogen and oxygen atoms in total. The average Bonchev–Trinajstić information content (AvgIpc) is 2.89. The molecule has 2 aliphatic rings. The highest BCUT2D eigenvalue weighted by Gasteiger charge is 2.29. The van der Waals surface area contributed by atoms with Gasteiger partial charge in [-0.15, -0.1) is 0 Å². The molecule has 1 fully saturated rings. The number of aromatic nitrogens is 2. The summed E-state index contributed by atoms with van der Waals surface area (Å²) in [6, 6.07) is 17.4. The molecule has 8 heteroatoms. The number of rotatable bonds is 4. The quantitative estimate of drug-likeness (QED) is 0.645. The third-order valence-corrected chi connectivity index (χ3v) is 6.51. The first kappa shape index (κ1) is 22.2. The summed E-state index contributed by atoms with van der Waals surface area (Å²) in [5, 5.41) is 3.00. The van der Waals surface area contributed by atoms with E-state index >= 15 is 0 Å². The van der Waals surface area contributed by atoms with Crippen LogP contribution in [-0.2, 0) is 13.0 Å². The van der Waals surface area contributed by atoms with Gasteiger partial charge >= 0.3 is 6.03 Å². The van der Waals surface area contributed by atoms with E-state index in [1.54, 1.807) is 7.11 Å². The molecule has 2 aromatic carbocycles. The molecule has 1 aromatic heterocycles. The van der Waals surface area contributed by atoms with Crippen molar-refractivity contribution in [3.05, 3.63) is 65.9 Å².